The topological polar surface area (TPSA) is 90.5 Å². The predicted molar refractivity (Wildman–Crippen MR) is 60.9 cm³/mol. The van der Waals surface area contributed by atoms with Crippen LogP contribution in [-0.4, -0.2) is 51.3 Å². The van der Waals surface area contributed by atoms with Crippen LogP contribution < -0.4 is 0 Å². The summed E-state index contributed by atoms with van der Waals surface area (Å²) in [6.45, 7) is 3.53. The van der Waals surface area contributed by atoms with Gasteiger partial charge in [0, 0.05) is 13.1 Å². The zero-order chi connectivity index (χ0) is 13.1. The second-order valence-corrected chi connectivity index (χ2v) is 4.15. The minimum Gasteiger partial charge on any atom is -0.375 e. The van der Waals surface area contributed by atoms with E-state index >= 15 is 0 Å². The van der Waals surface area contributed by atoms with Crippen molar-refractivity contribution in [3.8, 4) is 0 Å². The fraction of sp³-hybridized carbons (Fsp3) is 0.600. The van der Waals surface area contributed by atoms with Gasteiger partial charge in [-0.25, -0.2) is 0 Å². The number of hydrogen-bond acceptors (Lipinski definition) is 5. The van der Waals surface area contributed by atoms with Crippen molar-refractivity contribution in [1.29, 1.82) is 0 Å². The zero-order valence-corrected chi connectivity index (χ0v) is 9.98. The van der Waals surface area contributed by atoms with Gasteiger partial charge < -0.3 is 19.8 Å². The third-order valence-corrected chi connectivity index (χ3v) is 2.70. The number of nitro groups is 1. The van der Waals surface area contributed by atoms with Crippen LogP contribution in [0.5, 0.6) is 0 Å². The molecule has 0 N–H and O–H groups in total. The number of nitrogens with zero attached hydrogens (tertiary/aromatic N) is 4. The van der Waals surface area contributed by atoms with Crippen molar-refractivity contribution in [2.45, 2.75) is 19.6 Å². The summed E-state index contributed by atoms with van der Waals surface area (Å²) in [5.41, 5.74) is 0. The second-order valence-electron chi connectivity index (χ2n) is 4.15. The van der Waals surface area contributed by atoms with Gasteiger partial charge in [0.2, 0.25) is 5.91 Å². The summed E-state index contributed by atoms with van der Waals surface area (Å²) in [5, 5.41) is 14.2. The van der Waals surface area contributed by atoms with Gasteiger partial charge in [-0.15, -0.1) is 0 Å². The number of aromatic nitrogens is 2. The molecule has 98 valence electrons. The lowest BCUT2D eigenvalue weighted by Crippen LogP contribution is -2.45. The Balaban J connectivity index is 1.95. The van der Waals surface area contributed by atoms with Crippen molar-refractivity contribution in [2.24, 2.45) is 0 Å². The first kappa shape index (κ1) is 12.5. The van der Waals surface area contributed by atoms with E-state index in [1.807, 2.05) is 6.92 Å². The Morgan fingerprint density at radius 3 is 3.11 bits per heavy atom. The highest BCUT2D eigenvalue weighted by molar-refractivity contribution is 5.76. The molecule has 1 aromatic heterocycles. The summed E-state index contributed by atoms with van der Waals surface area (Å²) < 4.78 is 6.62. The SMILES string of the molecule is CC1CN(C(=O)Cn2ccc([N+](=O)[O-])n2)CCO1. The average molecular weight is 254 g/mol. The molecule has 8 heteroatoms. The van der Waals surface area contributed by atoms with E-state index in [1.54, 1.807) is 4.90 Å². The summed E-state index contributed by atoms with van der Waals surface area (Å²) in [7, 11) is 0. The molecular formula is C10H14N4O4. The Labute approximate surface area is 103 Å². The lowest BCUT2D eigenvalue weighted by molar-refractivity contribution is -0.389. The van der Waals surface area contributed by atoms with Crippen molar-refractivity contribution in [2.75, 3.05) is 19.7 Å². The van der Waals surface area contributed by atoms with Crippen molar-refractivity contribution < 1.29 is 14.5 Å². The smallest absolute Gasteiger partial charge is 0.375 e. The standard InChI is InChI=1S/C10H14N4O4/c1-8-6-12(4-5-18-8)10(15)7-13-3-2-9(11-13)14(16)17/h2-3,8H,4-7H2,1H3. The molecule has 1 aromatic rings. The highest BCUT2D eigenvalue weighted by Crippen LogP contribution is 2.08. The zero-order valence-electron chi connectivity index (χ0n) is 9.98. The van der Waals surface area contributed by atoms with E-state index < -0.39 is 4.92 Å². The van der Waals surface area contributed by atoms with E-state index in [0.717, 1.165) is 0 Å². The van der Waals surface area contributed by atoms with E-state index in [1.165, 1.54) is 16.9 Å². The number of amides is 1. The Morgan fingerprint density at radius 2 is 2.50 bits per heavy atom. The van der Waals surface area contributed by atoms with Crippen LogP contribution in [0, 0.1) is 10.1 Å². The van der Waals surface area contributed by atoms with Crippen LogP contribution in [0.2, 0.25) is 0 Å². The molecule has 8 nitrogen and oxygen atoms in total. The summed E-state index contributed by atoms with van der Waals surface area (Å²) >= 11 is 0. The minimum atomic E-state index is -0.586. The Hall–Kier alpha value is -1.96. The number of carbonyl (C=O) groups excluding carboxylic acids is 1. The molecule has 1 atom stereocenters. The molecular weight excluding hydrogens is 240 g/mol. The van der Waals surface area contributed by atoms with Crippen LogP contribution in [0.3, 0.4) is 0 Å². The van der Waals surface area contributed by atoms with E-state index in [9.17, 15) is 14.9 Å². The highest BCUT2D eigenvalue weighted by atomic mass is 16.6. The molecule has 1 fully saturated rings. The van der Waals surface area contributed by atoms with Gasteiger partial charge in [0.1, 0.15) is 6.54 Å². The molecule has 1 saturated heterocycles. The van der Waals surface area contributed by atoms with Crippen LogP contribution in [0.4, 0.5) is 5.82 Å². The van der Waals surface area contributed by atoms with Crippen LogP contribution in [-0.2, 0) is 16.1 Å². The molecule has 0 saturated carbocycles. The molecule has 0 aromatic carbocycles. The highest BCUT2D eigenvalue weighted by Gasteiger charge is 2.23. The first-order chi connectivity index (χ1) is 8.56. The van der Waals surface area contributed by atoms with Crippen LogP contribution in [0.15, 0.2) is 12.3 Å². The molecule has 2 rings (SSSR count). The van der Waals surface area contributed by atoms with Gasteiger partial charge in [0.05, 0.1) is 30.1 Å². The minimum absolute atomic E-state index is 0.0144. The van der Waals surface area contributed by atoms with E-state index in [4.69, 9.17) is 4.74 Å². The molecule has 1 amide bonds. The fourth-order valence-electron chi connectivity index (χ4n) is 1.82. The average Bonchev–Trinajstić information content (AvgIpc) is 2.77. The lowest BCUT2D eigenvalue weighted by atomic mass is 10.3. The molecule has 18 heavy (non-hydrogen) atoms. The third-order valence-electron chi connectivity index (χ3n) is 2.70. The normalized spacial score (nSPS) is 19.8. The Bertz CT molecular complexity index is 458. The van der Waals surface area contributed by atoms with Gasteiger partial charge in [-0.2, -0.15) is 4.68 Å². The van der Waals surface area contributed by atoms with Crippen LogP contribution in [0.1, 0.15) is 6.92 Å². The van der Waals surface area contributed by atoms with Crippen LogP contribution >= 0.6 is 0 Å². The van der Waals surface area contributed by atoms with E-state index in [0.29, 0.717) is 19.7 Å². The molecule has 2 heterocycles. The van der Waals surface area contributed by atoms with Crippen molar-refractivity contribution in [3.63, 3.8) is 0 Å². The maximum absolute atomic E-state index is 11.9. The van der Waals surface area contributed by atoms with E-state index in [2.05, 4.69) is 5.10 Å². The maximum Gasteiger partial charge on any atom is 0.389 e. The van der Waals surface area contributed by atoms with E-state index in [-0.39, 0.29) is 24.4 Å². The number of rotatable bonds is 3. The largest absolute Gasteiger partial charge is 0.389 e. The number of morpholine rings is 1. The number of carbonyl (C=O) groups is 1. The molecule has 1 unspecified atom stereocenters. The van der Waals surface area contributed by atoms with Gasteiger partial charge in [0.25, 0.3) is 0 Å². The lowest BCUT2D eigenvalue weighted by Gasteiger charge is -2.30. The Kier molecular flexibility index (Phi) is 3.56. The first-order valence-electron chi connectivity index (χ1n) is 5.63. The molecule has 1 aliphatic heterocycles. The maximum atomic E-state index is 11.9. The Morgan fingerprint density at radius 1 is 1.72 bits per heavy atom. The first-order valence-corrected chi connectivity index (χ1v) is 5.63. The summed E-state index contributed by atoms with van der Waals surface area (Å²) in [6, 6.07) is 1.27. The van der Waals surface area contributed by atoms with Crippen molar-refractivity contribution >= 4 is 11.7 Å². The van der Waals surface area contributed by atoms with Crippen LogP contribution in [0.25, 0.3) is 0 Å². The summed E-state index contributed by atoms with van der Waals surface area (Å²) in [4.78, 5) is 23.5. The van der Waals surface area contributed by atoms with Gasteiger partial charge in [0.15, 0.2) is 0 Å². The quantitative estimate of drug-likeness (QED) is 0.561. The number of hydrogen-bond donors (Lipinski definition) is 0. The molecule has 0 aliphatic carbocycles. The molecule has 0 bridgehead atoms. The van der Waals surface area contributed by atoms with Gasteiger partial charge in [-0.3, -0.25) is 4.79 Å². The molecule has 0 radical (unpaired) electrons. The van der Waals surface area contributed by atoms with Gasteiger partial charge >= 0.3 is 5.82 Å². The fourth-order valence-corrected chi connectivity index (χ4v) is 1.82. The molecule has 0 spiro atoms. The van der Waals surface area contributed by atoms with Crippen molar-refractivity contribution in [3.05, 3.63) is 22.4 Å². The second kappa shape index (κ2) is 5.13. The van der Waals surface area contributed by atoms with Gasteiger partial charge in [-0.05, 0) is 11.8 Å². The predicted octanol–water partition coefficient (Wildman–Crippen LogP) is 0.0386. The number of ether oxygens (including phenoxy) is 1. The van der Waals surface area contributed by atoms with Crippen molar-refractivity contribution in [1.82, 2.24) is 14.7 Å². The summed E-state index contributed by atoms with van der Waals surface area (Å²) in [5.74, 6) is -0.360. The molecule has 1 aliphatic rings. The third kappa shape index (κ3) is 2.83. The summed E-state index contributed by atoms with van der Waals surface area (Å²) in [6.07, 6.45) is 1.45. The van der Waals surface area contributed by atoms with Gasteiger partial charge in [-0.1, -0.05) is 0 Å². The monoisotopic (exact) mass is 254 g/mol.